The van der Waals surface area contributed by atoms with Crippen molar-refractivity contribution in [2.75, 3.05) is 24.9 Å². The number of urea groups is 1. The van der Waals surface area contributed by atoms with E-state index < -0.39 is 23.3 Å². The first kappa shape index (κ1) is 24.1. The lowest BCUT2D eigenvalue weighted by atomic mass is 9.73. The maximum atomic E-state index is 12.7. The SMILES string of the molecule is COc1cc(C(N)=O)c(C(C)(C(N)=O)c2ccc(NC(=O)Nc3cccnc3)cc2)cc1OC. The fourth-order valence-electron chi connectivity index (χ4n) is 3.54. The van der Waals surface area contributed by atoms with Gasteiger partial charge in [-0.2, -0.15) is 0 Å². The highest BCUT2D eigenvalue weighted by Crippen LogP contribution is 2.40. The summed E-state index contributed by atoms with van der Waals surface area (Å²) >= 11 is 0. The summed E-state index contributed by atoms with van der Waals surface area (Å²) < 4.78 is 10.6. The Morgan fingerprint density at radius 1 is 0.912 bits per heavy atom. The average Bonchev–Trinajstić information content (AvgIpc) is 2.83. The van der Waals surface area contributed by atoms with E-state index in [-0.39, 0.29) is 16.9 Å². The van der Waals surface area contributed by atoms with E-state index in [2.05, 4.69) is 15.6 Å². The number of hydrogen-bond donors (Lipinski definition) is 4. The molecule has 0 saturated heterocycles. The number of benzene rings is 2. The van der Waals surface area contributed by atoms with Crippen LogP contribution in [0.4, 0.5) is 16.2 Å². The molecule has 3 aromatic rings. The molecule has 1 atom stereocenters. The van der Waals surface area contributed by atoms with Crippen molar-refractivity contribution in [1.29, 1.82) is 0 Å². The minimum atomic E-state index is -1.44. The molecule has 0 aliphatic carbocycles. The van der Waals surface area contributed by atoms with Crippen LogP contribution in [0.25, 0.3) is 0 Å². The molecule has 0 fully saturated rings. The molecule has 0 saturated carbocycles. The van der Waals surface area contributed by atoms with Gasteiger partial charge in [0.05, 0.1) is 31.5 Å². The van der Waals surface area contributed by atoms with Crippen molar-refractivity contribution in [3.63, 3.8) is 0 Å². The lowest BCUT2D eigenvalue weighted by Gasteiger charge is -2.30. The van der Waals surface area contributed by atoms with Crippen LogP contribution in [0.2, 0.25) is 0 Å². The van der Waals surface area contributed by atoms with Crippen molar-refractivity contribution in [3.05, 3.63) is 77.6 Å². The Hall–Kier alpha value is -4.60. The quantitative estimate of drug-likeness (QED) is 0.402. The highest BCUT2D eigenvalue weighted by atomic mass is 16.5. The number of ether oxygens (including phenoxy) is 2. The number of nitrogens with zero attached hydrogens (tertiary/aromatic N) is 1. The lowest BCUT2D eigenvalue weighted by molar-refractivity contribution is -0.121. The number of primary amides is 2. The van der Waals surface area contributed by atoms with E-state index in [9.17, 15) is 14.4 Å². The Morgan fingerprint density at radius 2 is 1.53 bits per heavy atom. The summed E-state index contributed by atoms with van der Waals surface area (Å²) in [5.41, 5.74) is 11.8. The third-order valence-corrected chi connectivity index (χ3v) is 5.46. The zero-order valence-corrected chi connectivity index (χ0v) is 18.9. The predicted octanol–water partition coefficient (Wildman–Crippen LogP) is 2.63. The number of nitrogens with two attached hydrogens (primary N) is 2. The molecule has 0 aliphatic heterocycles. The number of carbonyl (C=O) groups is 3. The zero-order chi connectivity index (χ0) is 24.9. The smallest absolute Gasteiger partial charge is 0.323 e. The van der Waals surface area contributed by atoms with Crippen LogP contribution < -0.4 is 31.6 Å². The van der Waals surface area contributed by atoms with E-state index in [1.54, 1.807) is 49.5 Å². The standard InChI is InChI=1S/C24H25N5O5/c1-24(22(26)31,18-12-20(34-3)19(33-2)11-17(18)21(25)30)14-6-8-15(9-7-14)28-23(32)29-16-5-4-10-27-13-16/h4-13H,1-3H3,(H2,25,30)(H2,26,31)(H2,28,29,32). The zero-order valence-electron chi connectivity index (χ0n) is 18.9. The highest BCUT2D eigenvalue weighted by Gasteiger charge is 2.39. The minimum absolute atomic E-state index is 0.0667. The van der Waals surface area contributed by atoms with Gasteiger partial charge in [-0.05, 0) is 54.4 Å². The lowest BCUT2D eigenvalue weighted by Crippen LogP contribution is -2.41. The Bertz CT molecular complexity index is 1210. The summed E-state index contributed by atoms with van der Waals surface area (Å²) in [6, 6.07) is 12.4. The van der Waals surface area contributed by atoms with Crippen molar-refractivity contribution in [2.24, 2.45) is 11.5 Å². The monoisotopic (exact) mass is 463 g/mol. The van der Waals surface area contributed by atoms with Gasteiger partial charge in [-0.15, -0.1) is 0 Å². The van der Waals surface area contributed by atoms with Gasteiger partial charge in [0, 0.05) is 17.4 Å². The first-order valence-corrected chi connectivity index (χ1v) is 10.2. The summed E-state index contributed by atoms with van der Waals surface area (Å²) in [7, 11) is 2.86. The van der Waals surface area contributed by atoms with Gasteiger partial charge in [0.1, 0.15) is 0 Å². The molecule has 3 rings (SSSR count). The first-order valence-electron chi connectivity index (χ1n) is 10.2. The van der Waals surface area contributed by atoms with E-state index in [4.69, 9.17) is 20.9 Å². The van der Waals surface area contributed by atoms with E-state index in [0.717, 1.165) is 0 Å². The molecule has 4 amide bonds. The number of amides is 4. The van der Waals surface area contributed by atoms with Gasteiger partial charge in [0.25, 0.3) is 0 Å². The number of nitrogens with one attached hydrogen (secondary N) is 2. The molecule has 34 heavy (non-hydrogen) atoms. The molecule has 0 spiro atoms. The van der Waals surface area contributed by atoms with Gasteiger partial charge < -0.3 is 31.6 Å². The van der Waals surface area contributed by atoms with E-state index >= 15 is 0 Å². The molecule has 6 N–H and O–H groups in total. The molecule has 0 radical (unpaired) electrons. The second-order valence-electron chi connectivity index (χ2n) is 7.50. The molecule has 0 aliphatic rings. The summed E-state index contributed by atoms with van der Waals surface area (Å²) in [6.07, 6.45) is 3.11. The molecule has 1 heterocycles. The van der Waals surface area contributed by atoms with Crippen LogP contribution in [-0.4, -0.2) is 37.0 Å². The van der Waals surface area contributed by atoms with Crippen LogP contribution in [-0.2, 0) is 10.2 Å². The maximum absolute atomic E-state index is 12.7. The topological polar surface area (TPSA) is 159 Å². The normalized spacial score (nSPS) is 12.2. The number of aromatic nitrogens is 1. The van der Waals surface area contributed by atoms with E-state index in [1.807, 2.05) is 0 Å². The molecule has 0 bridgehead atoms. The molecule has 1 aromatic heterocycles. The van der Waals surface area contributed by atoms with Crippen molar-refractivity contribution >= 4 is 29.2 Å². The third-order valence-electron chi connectivity index (χ3n) is 5.46. The van der Waals surface area contributed by atoms with Crippen molar-refractivity contribution in [1.82, 2.24) is 4.98 Å². The number of anilines is 2. The van der Waals surface area contributed by atoms with Crippen LogP contribution in [0, 0.1) is 0 Å². The van der Waals surface area contributed by atoms with Crippen LogP contribution >= 0.6 is 0 Å². The summed E-state index contributed by atoms with van der Waals surface area (Å²) in [5.74, 6) is -0.877. The summed E-state index contributed by atoms with van der Waals surface area (Å²) in [6.45, 7) is 1.58. The fourth-order valence-corrected chi connectivity index (χ4v) is 3.54. The second-order valence-corrected chi connectivity index (χ2v) is 7.50. The first-order chi connectivity index (χ1) is 16.2. The summed E-state index contributed by atoms with van der Waals surface area (Å²) in [4.78, 5) is 41.1. The van der Waals surface area contributed by atoms with Gasteiger partial charge >= 0.3 is 6.03 Å². The molecule has 10 heteroatoms. The van der Waals surface area contributed by atoms with Gasteiger partial charge in [0.2, 0.25) is 11.8 Å². The number of hydrogen-bond acceptors (Lipinski definition) is 6. The third kappa shape index (κ3) is 4.75. The minimum Gasteiger partial charge on any atom is -0.493 e. The Kier molecular flexibility index (Phi) is 7.01. The van der Waals surface area contributed by atoms with Crippen LogP contribution in [0.15, 0.2) is 60.9 Å². The molecule has 10 nitrogen and oxygen atoms in total. The molecular weight excluding hydrogens is 438 g/mol. The van der Waals surface area contributed by atoms with Crippen molar-refractivity contribution < 1.29 is 23.9 Å². The van der Waals surface area contributed by atoms with Gasteiger partial charge in [-0.3, -0.25) is 14.6 Å². The number of pyridine rings is 1. The van der Waals surface area contributed by atoms with Crippen molar-refractivity contribution in [2.45, 2.75) is 12.3 Å². The number of rotatable bonds is 8. The Balaban J connectivity index is 1.97. The highest BCUT2D eigenvalue weighted by molar-refractivity contribution is 6.01. The predicted molar refractivity (Wildman–Crippen MR) is 127 cm³/mol. The number of methoxy groups -OCH3 is 2. The van der Waals surface area contributed by atoms with Gasteiger partial charge in [-0.25, -0.2) is 4.79 Å². The van der Waals surface area contributed by atoms with Crippen molar-refractivity contribution in [3.8, 4) is 11.5 Å². The van der Waals surface area contributed by atoms with E-state index in [1.165, 1.54) is 32.5 Å². The van der Waals surface area contributed by atoms with Crippen LogP contribution in [0.1, 0.15) is 28.4 Å². The van der Waals surface area contributed by atoms with Gasteiger partial charge in [-0.1, -0.05) is 12.1 Å². The van der Waals surface area contributed by atoms with Crippen LogP contribution in [0.3, 0.4) is 0 Å². The molecular formula is C24H25N5O5. The average molecular weight is 463 g/mol. The fraction of sp³-hybridized carbons (Fsp3) is 0.167. The van der Waals surface area contributed by atoms with E-state index in [0.29, 0.717) is 22.7 Å². The molecule has 176 valence electrons. The Morgan fingerprint density at radius 3 is 2.06 bits per heavy atom. The second kappa shape index (κ2) is 9.90. The molecule has 1 unspecified atom stereocenters. The van der Waals surface area contributed by atoms with Crippen LogP contribution in [0.5, 0.6) is 11.5 Å². The Labute approximate surface area is 196 Å². The number of carbonyl (C=O) groups excluding carboxylic acids is 3. The summed E-state index contributed by atoms with van der Waals surface area (Å²) in [5, 5.41) is 5.36. The molecule has 2 aromatic carbocycles. The largest absolute Gasteiger partial charge is 0.493 e. The van der Waals surface area contributed by atoms with Gasteiger partial charge in [0.15, 0.2) is 11.5 Å². The maximum Gasteiger partial charge on any atom is 0.323 e.